The fourth-order valence-electron chi connectivity index (χ4n) is 2.52. The first-order valence-corrected chi connectivity index (χ1v) is 7.13. The van der Waals surface area contributed by atoms with E-state index in [1.54, 1.807) is 0 Å². The number of carbonyl (C=O) groups is 1. The summed E-state index contributed by atoms with van der Waals surface area (Å²) in [5, 5.41) is 0. The number of nitrogens with one attached hydrogen (secondary N) is 1. The molecule has 1 amide bonds. The van der Waals surface area contributed by atoms with Crippen LogP contribution in [-0.4, -0.2) is 36.6 Å². The van der Waals surface area contributed by atoms with Crippen molar-refractivity contribution in [2.75, 3.05) is 25.1 Å². The normalized spacial score (nSPS) is 18.1. The predicted octanol–water partition coefficient (Wildman–Crippen LogP) is 1.92. The van der Waals surface area contributed by atoms with Crippen LogP contribution in [0.15, 0.2) is 18.2 Å². The summed E-state index contributed by atoms with van der Waals surface area (Å²) in [6.07, 6.45) is 2.27. The van der Waals surface area contributed by atoms with E-state index in [1.165, 1.54) is 0 Å². The van der Waals surface area contributed by atoms with Crippen molar-refractivity contribution in [2.45, 2.75) is 32.8 Å². The second-order valence-corrected chi connectivity index (χ2v) is 5.17. The number of hydrogen-bond donors (Lipinski definition) is 2. The maximum atomic E-state index is 12.6. The highest BCUT2D eigenvalue weighted by Crippen LogP contribution is 2.20. The van der Waals surface area contributed by atoms with Gasteiger partial charge in [-0.15, -0.1) is 0 Å². The Balaban J connectivity index is 2.14. The Morgan fingerprint density at radius 1 is 1.55 bits per heavy atom. The molecule has 1 aromatic rings. The predicted molar refractivity (Wildman–Crippen MR) is 79.5 cm³/mol. The molecule has 1 aromatic carbocycles. The highest BCUT2D eigenvalue weighted by atomic mass is 16.5. The van der Waals surface area contributed by atoms with Gasteiger partial charge in [0.15, 0.2) is 0 Å². The maximum Gasteiger partial charge on any atom is 0.256 e. The fraction of sp³-hybridized carbons (Fsp3) is 0.533. The molecule has 1 aliphatic heterocycles. The number of carbonyl (C=O) groups excluding carboxylic acids is 1. The van der Waals surface area contributed by atoms with Crippen LogP contribution >= 0.6 is 0 Å². The van der Waals surface area contributed by atoms with Gasteiger partial charge in [-0.1, -0.05) is 6.07 Å². The van der Waals surface area contributed by atoms with E-state index in [0.29, 0.717) is 24.3 Å². The van der Waals surface area contributed by atoms with Crippen LogP contribution in [0, 0.1) is 6.92 Å². The zero-order valence-electron chi connectivity index (χ0n) is 12.2. The minimum atomic E-state index is -0.00375. The Morgan fingerprint density at radius 3 is 2.95 bits per heavy atom. The van der Waals surface area contributed by atoms with E-state index in [1.807, 2.05) is 36.9 Å². The monoisotopic (exact) mass is 277 g/mol. The van der Waals surface area contributed by atoms with E-state index in [4.69, 9.17) is 10.6 Å². The van der Waals surface area contributed by atoms with Gasteiger partial charge in [0.1, 0.15) is 0 Å². The third-order valence-electron chi connectivity index (χ3n) is 3.68. The van der Waals surface area contributed by atoms with Crippen molar-refractivity contribution in [1.82, 2.24) is 4.90 Å². The summed E-state index contributed by atoms with van der Waals surface area (Å²) < 4.78 is 5.61. The van der Waals surface area contributed by atoms with Gasteiger partial charge in [-0.05, 0) is 44.4 Å². The highest BCUT2D eigenvalue weighted by Gasteiger charge is 2.23. The summed E-state index contributed by atoms with van der Waals surface area (Å²) in [4.78, 5) is 14.5. The lowest BCUT2D eigenvalue weighted by atomic mass is 10.1. The van der Waals surface area contributed by atoms with Gasteiger partial charge in [-0.3, -0.25) is 10.6 Å². The molecule has 20 heavy (non-hydrogen) atoms. The molecule has 1 saturated heterocycles. The first kappa shape index (κ1) is 14.8. The molecular formula is C15H23N3O2. The van der Waals surface area contributed by atoms with Gasteiger partial charge in [0, 0.05) is 19.7 Å². The third-order valence-corrected chi connectivity index (χ3v) is 3.68. The molecule has 0 aromatic heterocycles. The molecular weight excluding hydrogens is 254 g/mol. The number of ether oxygens (including phenoxy) is 1. The zero-order chi connectivity index (χ0) is 14.5. The van der Waals surface area contributed by atoms with E-state index < -0.39 is 0 Å². The number of aryl methyl sites for hydroxylation is 1. The number of rotatable bonds is 5. The van der Waals surface area contributed by atoms with Gasteiger partial charge in [-0.2, -0.15) is 0 Å². The number of nitrogens with zero attached hydrogens (tertiary/aromatic N) is 1. The molecule has 0 spiro atoms. The van der Waals surface area contributed by atoms with Crippen LogP contribution in [0.25, 0.3) is 0 Å². The minimum absolute atomic E-state index is 0.00375. The van der Waals surface area contributed by atoms with Crippen LogP contribution in [-0.2, 0) is 4.74 Å². The Bertz CT molecular complexity index is 470. The van der Waals surface area contributed by atoms with Crippen LogP contribution in [0.3, 0.4) is 0 Å². The lowest BCUT2D eigenvalue weighted by Gasteiger charge is -2.25. The van der Waals surface area contributed by atoms with E-state index in [9.17, 15) is 4.79 Å². The molecule has 5 heteroatoms. The van der Waals surface area contributed by atoms with Gasteiger partial charge in [0.05, 0.1) is 17.4 Å². The van der Waals surface area contributed by atoms with Crippen molar-refractivity contribution < 1.29 is 9.53 Å². The molecule has 2 rings (SSSR count). The molecule has 1 aliphatic rings. The molecule has 1 atom stereocenters. The Hall–Kier alpha value is -1.59. The van der Waals surface area contributed by atoms with Crippen LogP contribution in [0.5, 0.6) is 0 Å². The van der Waals surface area contributed by atoms with Crippen molar-refractivity contribution in [3.8, 4) is 0 Å². The van der Waals surface area contributed by atoms with Gasteiger partial charge in [0.25, 0.3) is 5.91 Å². The summed E-state index contributed by atoms with van der Waals surface area (Å²) >= 11 is 0. The van der Waals surface area contributed by atoms with Crippen LogP contribution in [0.2, 0.25) is 0 Å². The first-order chi connectivity index (χ1) is 9.65. The van der Waals surface area contributed by atoms with Crippen LogP contribution < -0.4 is 11.3 Å². The fourth-order valence-corrected chi connectivity index (χ4v) is 2.52. The molecule has 110 valence electrons. The van der Waals surface area contributed by atoms with Gasteiger partial charge >= 0.3 is 0 Å². The SMILES string of the molecule is CCN(CC1CCCO1)C(=O)c1ccc(C)cc1NN. The molecule has 3 N–H and O–H groups in total. The van der Waals surface area contributed by atoms with E-state index in [2.05, 4.69) is 5.43 Å². The zero-order valence-corrected chi connectivity index (χ0v) is 12.2. The topological polar surface area (TPSA) is 67.6 Å². The lowest BCUT2D eigenvalue weighted by Crippen LogP contribution is -2.37. The third kappa shape index (κ3) is 3.29. The summed E-state index contributed by atoms with van der Waals surface area (Å²) in [6.45, 7) is 6.07. The Labute approximate surface area is 120 Å². The molecule has 0 radical (unpaired) electrons. The van der Waals surface area contributed by atoms with Gasteiger partial charge < -0.3 is 15.1 Å². The quantitative estimate of drug-likeness (QED) is 0.637. The van der Waals surface area contributed by atoms with E-state index in [-0.39, 0.29) is 12.0 Å². The average molecular weight is 277 g/mol. The number of hydrogen-bond acceptors (Lipinski definition) is 4. The summed E-state index contributed by atoms with van der Waals surface area (Å²) in [7, 11) is 0. The average Bonchev–Trinajstić information content (AvgIpc) is 2.96. The van der Waals surface area contributed by atoms with Crippen molar-refractivity contribution in [2.24, 2.45) is 5.84 Å². The number of likely N-dealkylation sites (N-methyl/N-ethyl adjacent to an activating group) is 1. The van der Waals surface area contributed by atoms with Gasteiger partial charge in [-0.25, -0.2) is 0 Å². The van der Waals surface area contributed by atoms with Crippen molar-refractivity contribution in [3.05, 3.63) is 29.3 Å². The molecule has 0 aliphatic carbocycles. The maximum absolute atomic E-state index is 12.6. The second kappa shape index (κ2) is 6.72. The number of amides is 1. The first-order valence-electron chi connectivity index (χ1n) is 7.13. The Morgan fingerprint density at radius 2 is 2.35 bits per heavy atom. The van der Waals surface area contributed by atoms with Gasteiger partial charge in [0.2, 0.25) is 0 Å². The lowest BCUT2D eigenvalue weighted by molar-refractivity contribution is 0.0540. The number of benzene rings is 1. The molecule has 5 nitrogen and oxygen atoms in total. The minimum Gasteiger partial charge on any atom is -0.376 e. The van der Waals surface area contributed by atoms with Crippen LogP contribution in [0.1, 0.15) is 35.7 Å². The largest absolute Gasteiger partial charge is 0.376 e. The molecule has 1 unspecified atom stereocenters. The molecule has 0 bridgehead atoms. The smallest absolute Gasteiger partial charge is 0.256 e. The molecule has 0 saturated carbocycles. The van der Waals surface area contributed by atoms with Crippen molar-refractivity contribution in [3.63, 3.8) is 0 Å². The molecule has 1 heterocycles. The Kier molecular flexibility index (Phi) is 4.98. The summed E-state index contributed by atoms with van der Waals surface area (Å²) in [6, 6.07) is 5.63. The number of nitrogens with two attached hydrogens (primary N) is 1. The molecule has 1 fully saturated rings. The second-order valence-electron chi connectivity index (χ2n) is 5.17. The number of nitrogen functional groups attached to an aromatic ring is 1. The van der Waals surface area contributed by atoms with Crippen molar-refractivity contribution >= 4 is 11.6 Å². The highest BCUT2D eigenvalue weighted by molar-refractivity contribution is 5.99. The standard InChI is InChI=1S/C15H23N3O2/c1-3-18(10-12-5-4-8-20-12)15(19)13-7-6-11(2)9-14(13)17-16/h6-7,9,12,17H,3-5,8,10,16H2,1-2H3. The summed E-state index contributed by atoms with van der Waals surface area (Å²) in [5.74, 6) is 5.51. The van der Waals surface area contributed by atoms with E-state index >= 15 is 0 Å². The van der Waals surface area contributed by atoms with E-state index in [0.717, 1.165) is 25.0 Å². The van der Waals surface area contributed by atoms with Crippen molar-refractivity contribution in [1.29, 1.82) is 0 Å². The number of hydrazine groups is 1. The summed E-state index contributed by atoms with van der Waals surface area (Å²) in [5.41, 5.74) is 4.95. The number of anilines is 1. The van der Waals surface area contributed by atoms with Crippen LogP contribution in [0.4, 0.5) is 5.69 Å².